The lowest BCUT2D eigenvalue weighted by Crippen LogP contribution is -2.34. The number of rotatable bonds is 6. The Morgan fingerprint density at radius 2 is 2.00 bits per heavy atom. The van der Waals surface area contributed by atoms with Crippen LogP contribution < -0.4 is 5.32 Å². The number of nitrogens with one attached hydrogen (secondary N) is 1. The van der Waals surface area contributed by atoms with Crippen molar-refractivity contribution < 1.29 is 13.6 Å². The van der Waals surface area contributed by atoms with Crippen LogP contribution in [-0.4, -0.2) is 27.5 Å². The summed E-state index contributed by atoms with van der Waals surface area (Å²) in [7, 11) is 1.49. The Labute approximate surface area is 152 Å². The highest BCUT2D eigenvalue weighted by molar-refractivity contribution is 7.99. The predicted molar refractivity (Wildman–Crippen MR) is 92.3 cm³/mol. The first-order chi connectivity index (χ1) is 11.3. The lowest BCUT2D eigenvalue weighted by atomic mass is 10.2. The zero-order valence-electron chi connectivity index (χ0n) is 12.9. The number of nitrogens with zero attached hydrogens (tertiary/aromatic N) is 2. The first-order valence-corrected chi connectivity index (χ1v) is 8.73. The molecule has 0 aliphatic carbocycles. The van der Waals surface area contributed by atoms with Gasteiger partial charge in [-0.2, -0.15) is 5.10 Å². The molecule has 24 heavy (non-hydrogen) atoms. The highest BCUT2D eigenvalue weighted by Crippen LogP contribution is 2.34. The zero-order valence-corrected chi connectivity index (χ0v) is 15.2. The van der Waals surface area contributed by atoms with Gasteiger partial charge in [0.05, 0.1) is 15.6 Å². The average Bonchev–Trinajstić information content (AvgIpc) is 2.89. The molecule has 0 saturated heterocycles. The van der Waals surface area contributed by atoms with Gasteiger partial charge in [0.15, 0.2) is 0 Å². The molecular formula is C15H15Cl2F2N3OS. The Morgan fingerprint density at radius 3 is 2.58 bits per heavy atom. The van der Waals surface area contributed by atoms with Gasteiger partial charge >= 0.3 is 0 Å². The van der Waals surface area contributed by atoms with E-state index in [4.69, 9.17) is 23.2 Å². The summed E-state index contributed by atoms with van der Waals surface area (Å²) in [5.74, 6) is -0.101. The van der Waals surface area contributed by atoms with Gasteiger partial charge in [0.25, 0.3) is 12.3 Å². The molecule has 1 heterocycles. The van der Waals surface area contributed by atoms with Crippen LogP contribution in [0, 0.1) is 0 Å². The fourth-order valence-electron chi connectivity index (χ4n) is 2.01. The Hall–Kier alpha value is -1.31. The molecule has 0 spiro atoms. The molecule has 0 aliphatic rings. The first kappa shape index (κ1) is 19.0. The highest BCUT2D eigenvalue weighted by Gasteiger charge is 2.23. The van der Waals surface area contributed by atoms with E-state index in [0.717, 1.165) is 4.90 Å². The van der Waals surface area contributed by atoms with Crippen molar-refractivity contribution in [1.29, 1.82) is 0 Å². The third-order valence-corrected chi connectivity index (χ3v) is 5.33. The van der Waals surface area contributed by atoms with E-state index >= 15 is 0 Å². The standard InChI is InChI=1S/C15H15Cl2F2N3OS/c1-8(7-24-13-10(16)4-3-5-11(13)17)20-15(23)9-6-22(2)21-12(9)14(18)19/h3-6,8,14H,7H2,1-2H3,(H,20,23). The number of hydrogen-bond acceptors (Lipinski definition) is 3. The van der Waals surface area contributed by atoms with E-state index in [-0.39, 0.29) is 11.6 Å². The number of carbonyl (C=O) groups excluding carboxylic acids is 1. The summed E-state index contributed by atoms with van der Waals surface area (Å²) in [5.41, 5.74) is -0.649. The zero-order chi connectivity index (χ0) is 17.9. The molecule has 1 aromatic carbocycles. The van der Waals surface area contributed by atoms with Crippen LogP contribution in [0.15, 0.2) is 29.3 Å². The number of hydrogen-bond donors (Lipinski definition) is 1. The SMILES string of the molecule is CC(CSc1c(Cl)cccc1Cl)NC(=O)c1cn(C)nc1C(F)F. The molecule has 0 aliphatic heterocycles. The van der Waals surface area contributed by atoms with Crippen molar-refractivity contribution in [2.45, 2.75) is 24.3 Å². The van der Waals surface area contributed by atoms with Crippen molar-refractivity contribution in [3.8, 4) is 0 Å². The van der Waals surface area contributed by atoms with Gasteiger partial charge < -0.3 is 5.32 Å². The molecule has 1 N–H and O–H groups in total. The Balaban J connectivity index is 2.00. The van der Waals surface area contributed by atoms with Crippen molar-refractivity contribution in [3.63, 3.8) is 0 Å². The minimum Gasteiger partial charge on any atom is -0.349 e. The van der Waals surface area contributed by atoms with Crippen molar-refractivity contribution in [2.24, 2.45) is 7.05 Å². The molecular weight excluding hydrogens is 379 g/mol. The van der Waals surface area contributed by atoms with E-state index in [1.807, 2.05) is 0 Å². The van der Waals surface area contributed by atoms with E-state index < -0.39 is 18.0 Å². The summed E-state index contributed by atoms with van der Waals surface area (Å²) in [5, 5.41) is 7.35. The fourth-order valence-corrected chi connectivity index (χ4v) is 3.65. The van der Waals surface area contributed by atoms with Crippen LogP contribution in [0.25, 0.3) is 0 Å². The van der Waals surface area contributed by atoms with Crippen molar-refractivity contribution in [1.82, 2.24) is 15.1 Å². The number of thioether (sulfide) groups is 1. The third kappa shape index (κ3) is 4.62. The maximum Gasteiger partial charge on any atom is 0.282 e. The summed E-state index contributed by atoms with van der Waals surface area (Å²) in [6.45, 7) is 1.77. The largest absolute Gasteiger partial charge is 0.349 e. The van der Waals surface area contributed by atoms with Gasteiger partial charge in [0.1, 0.15) is 5.69 Å². The summed E-state index contributed by atoms with van der Waals surface area (Å²) in [6, 6.07) is 4.92. The molecule has 0 radical (unpaired) electrons. The number of carbonyl (C=O) groups is 1. The Kier molecular flexibility index (Phi) is 6.48. The van der Waals surface area contributed by atoms with E-state index in [2.05, 4.69) is 10.4 Å². The van der Waals surface area contributed by atoms with Crippen LogP contribution in [-0.2, 0) is 7.05 Å². The summed E-state index contributed by atoms with van der Waals surface area (Å²) in [4.78, 5) is 12.9. The molecule has 1 unspecified atom stereocenters. The van der Waals surface area contributed by atoms with Crippen LogP contribution in [0.2, 0.25) is 10.0 Å². The van der Waals surface area contributed by atoms with Crippen LogP contribution >= 0.6 is 35.0 Å². The Morgan fingerprint density at radius 1 is 1.38 bits per heavy atom. The second-order valence-electron chi connectivity index (χ2n) is 5.14. The highest BCUT2D eigenvalue weighted by atomic mass is 35.5. The monoisotopic (exact) mass is 393 g/mol. The van der Waals surface area contributed by atoms with Gasteiger partial charge in [-0.3, -0.25) is 9.48 Å². The first-order valence-electron chi connectivity index (χ1n) is 6.99. The molecule has 9 heteroatoms. The molecule has 0 saturated carbocycles. The maximum absolute atomic E-state index is 12.9. The summed E-state index contributed by atoms with van der Waals surface area (Å²) in [6.07, 6.45) is -1.53. The van der Waals surface area contributed by atoms with E-state index in [0.29, 0.717) is 15.8 Å². The smallest absolute Gasteiger partial charge is 0.282 e. The number of benzene rings is 1. The van der Waals surface area contributed by atoms with Crippen molar-refractivity contribution >= 4 is 40.9 Å². The number of aromatic nitrogens is 2. The maximum atomic E-state index is 12.9. The molecule has 1 atom stereocenters. The van der Waals surface area contributed by atoms with Crippen LogP contribution in [0.4, 0.5) is 8.78 Å². The summed E-state index contributed by atoms with van der Waals surface area (Å²) < 4.78 is 27.0. The second-order valence-corrected chi connectivity index (χ2v) is 6.98. The van der Waals surface area contributed by atoms with Crippen molar-refractivity contribution in [3.05, 3.63) is 45.7 Å². The van der Waals surface area contributed by atoms with Gasteiger partial charge in [-0.05, 0) is 19.1 Å². The van der Waals surface area contributed by atoms with Gasteiger partial charge in [0.2, 0.25) is 0 Å². The number of aryl methyl sites for hydroxylation is 1. The van der Waals surface area contributed by atoms with Gasteiger partial charge in [-0.15, -0.1) is 11.8 Å². The number of alkyl halides is 2. The van der Waals surface area contributed by atoms with E-state index in [1.165, 1.54) is 29.7 Å². The van der Waals surface area contributed by atoms with Crippen LogP contribution in [0.1, 0.15) is 29.4 Å². The molecule has 2 aromatic rings. The topological polar surface area (TPSA) is 46.9 Å². The molecule has 1 amide bonds. The lowest BCUT2D eigenvalue weighted by molar-refractivity contribution is 0.0929. The molecule has 130 valence electrons. The summed E-state index contributed by atoms with van der Waals surface area (Å²) >= 11 is 13.6. The molecule has 0 bridgehead atoms. The molecule has 2 rings (SSSR count). The fraction of sp³-hybridized carbons (Fsp3) is 0.333. The molecule has 0 fully saturated rings. The minimum atomic E-state index is -2.81. The molecule has 1 aromatic heterocycles. The number of amides is 1. The second kappa shape index (κ2) is 8.18. The van der Waals surface area contributed by atoms with E-state index in [1.54, 1.807) is 25.1 Å². The number of halogens is 4. The van der Waals surface area contributed by atoms with Crippen LogP contribution in [0.5, 0.6) is 0 Å². The van der Waals surface area contributed by atoms with E-state index in [9.17, 15) is 13.6 Å². The minimum absolute atomic E-state index is 0.125. The third-order valence-electron chi connectivity index (χ3n) is 3.08. The Bertz CT molecular complexity index is 719. The normalized spacial score (nSPS) is 12.5. The van der Waals surface area contributed by atoms with Gasteiger partial charge in [-0.25, -0.2) is 8.78 Å². The molecule has 4 nitrogen and oxygen atoms in total. The van der Waals surface area contributed by atoms with Crippen molar-refractivity contribution in [2.75, 3.05) is 5.75 Å². The predicted octanol–water partition coefficient (Wildman–Crippen LogP) is 4.58. The quantitative estimate of drug-likeness (QED) is 0.730. The van der Waals surface area contributed by atoms with Gasteiger partial charge in [0, 0.05) is 29.9 Å². The lowest BCUT2D eigenvalue weighted by Gasteiger charge is -2.14. The van der Waals surface area contributed by atoms with Gasteiger partial charge in [-0.1, -0.05) is 29.3 Å². The average molecular weight is 394 g/mol. The van der Waals surface area contributed by atoms with Crippen LogP contribution in [0.3, 0.4) is 0 Å².